The van der Waals surface area contributed by atoms with Crippen LogP contribution in [0.1, 0.15) is 34.1 Å². The van der Waals surface area contributed by atoms with Crippen molar-refractivity contribution in [1.29, 1.82) is 0 Å². The van der Waals surface area contributed by atoms with E-state index in [1.54, 1.807) is 4.90 Å². The van der Waals surface area contributed by atoms with Crippen molar-refractivity contribution in [3.8, 4) is 0 Å². The fourth-order valence-electron chi connectivity index (χ4n) is 2.35. The van der Waals surface area contributed by atoms with Crippen LogP contribution in [0.3, 0.4) is 0 Å². The SMILES string of the molecule is CC(C)CC(CNC(=O)N1CCSC(C)(C)C1)C(=O)O. The highest BCUT2D eigenvalue weighted by Crippen LogP contribution is 2.29. The number of rotatable bonds is 5. The molecular formula is C14H26N2O3S. The van der Waals surface area contributed by atoms with Crippen molar-refractivity contribution in [2.24, 2.45) is 11.8 Å². The van der Waals surface area contributed by atoms with Crippen LogP contribution in [0.25, 0.3) is 0 Å². The van der Waals surface area contributed by atoms with E-state index in [0.717, 1.165) is 12.3 Å². The molecule has 1 heterocycles. The van der Waals surface area contributed by atoms with E-state index in [4.69, 9.17) is 5.11 Å². The van der Waals surface area contributed by atoms with Gasteiger partial charge in [-0.15, -0.1) is 0 Å². The Morgan fingerprint density at radius 2 is 2.05 bits per heavy atom. The summed E-state index contributed by atoms with van der Waals surface area (Å²) in [6, 6.07) is -0.145. The molecule has 0 saturated carbocycles. The molecule has 0 aromatic rings. The molecule has 1 aliphatic rings. The topological polar surface area (TPSA) is 69.6 Å². The molecule has 1 unspecified atom stereocenters. The molecule has 0 aliphatic carbocycles. The monoisotopic (exact) mass is 302 g/mol. The van der Waals surface area contributed by atoms with Crippen LogP contribution in [0.4, 0.5) is 4.79 Å². The predicted octanol–water partition coefficient (Wildman–Crippen LogP) is 2.27. The predicted molar refractivity (Wildman–Crippen MR) is 82.1 cm³/mol. The summed E-state index contributed by atoms with van der Waals surface area (Å²) in [5, 5.41) is 11.9. The van der Waals surface area contributed by atoms with Gasteiger partial charge in [0.05, 0.1) is 5.92 Å². The fraction of sp³-hybridized carbons (Fsp3) is 0.857. The maximum absolute atomic E-state index is 12.1. The number of thioether (sulfide) groups is 1. The molecule has 0 aromatic heterocycles. The molecule has 20 heavy (non-hydrogen) atoms. The van der Waals surface area contributed by atoms with Crippen molar-refractivity contribution in [1.82, 2.24) is 10.2 Å². The molecule has 6 heteroatoms. The second-order valence-electron chi connectivity index (χ2n) is 6.38. The average molecular weight is 302 g/mol. The van der Waals surface area contributed by atoms with Gasteiger partial charge in [-0.2, -0.15) is 11.8 Å². The van der Waals surface area contributed by atoms with Gasteiger partial charge in [-0.05, 0) is 26.2 Å². The van der Waals surface area contributed by atoms with Gasteiger partial charge in [-0.1, -0.05) is 13.8 Å². The number of urea groups is 1. The Labute approximate surface area is 125 Å². The van der Waals surface area contributed by atoms with Crippen LogP contribution < -0.4 is 5.32 Å². The number of carbonyl (C=O) groups excluding carboxylic acids is 1. The summed E-state index contributed by atoms with van der Waals surface area (Å²) in [5.74, 6) is -0.118. The van der Waals surface area contributed by atoms with Crippen LogP contribution in [0.15, 0.2) is 0 Å². The van der Waals surface area contributed by atoms with Gasteiger partial charge in [0.2, 0.25) is 0 Å². The Morgan fingerprint density at radius 1 is 1.40 bits per heavy atom. The van der Waals surface area contributed by atoms with E-state index in [0.29, 0.717) is 18.9 Å². The lowest BCUT2D eigenvalue weighted by atomic mass is 9.97. The Balaban J connectivity index is 2.47. The van der Waals surface area contributed by atoms with Crippen LogP contribution >= 0.6 is 11.8 Å². The quantitative estimate of drug-likeness (QED) is 0.817. The van der Waals surface area contributed by atoms with Crippen LogP contribution in [0, 0.1) is 11.8 Å². The zero-order valence-corrected chi connectivity index (χ0v) is 13.6. The number of nitrogens with zero attached hydrogens (tertiary/aromatic N) is 1. The van der Waals surface area contributed by atoms with E-state index in [2.05, 4.69) is 19.2 Å². The van der Waals surface area contributed by atoms with Gasteiger partial charge in [0, 0.05) is 30.1 Å². The summed E-state index contributed by atoms with van der Waals surface area (Å²) in [7, 11) is 0. The second kappa shape index (κ2) is 7.20. The summed E-state index contributed by atoms with van der Waals surface area (Å²) >= 11 is 1.86. The first-order valence-electron chi connectivity index (χ1n) is 7.11. The van der Waals surface area contributed by atoms with Crippen LogP contribution in [0.5, 0.6) is 0 Å². The summed E-state index contributed by atoms with van der Waals surface area (Å²) in [5.41, 5.74) is 0. The number of carboxylic acids is 1. The number of aliphatic carboxylic acids is 1. The first-order valence-corrected chi connectivity index (χ1v) is 8.09. The third kappa shape index (κ3) is 5.61. The van der Waals surface area contributed by atoms with E-state index < -0.39 is 11.9 Å². The van der Waals surface area contributed by atoms with Gasteiger partial charge >= 0.3 is 12.0 Å². The average Bonchev–Trinajstić information content (AvgIpc) is 2.32. The largest absolute Gasteiger partial charge is 0.481 e. The highest BCUT2D eigenvalue weighted by molar-refractivity contribution is 8.00. The fourth-order valence-corrected chi connectivity index (χ4v) is 3.46. The van der Waals surface area contributed by atoms with E-state index in [-0.39, 0.29) is 17.3 Å². The molecular weight excluding hydrogens is 276 g/mol. The standard InChI is InChI=1S/C14H26N2O3S/c1-10(2)7-11(12(17)18)8-15-13(19)16-5-6-20-14(3,4)9-16/h10-11H,5-9H2,1-4H3,(H,15,19)(H,17,18). The normalized spacial score (nSPS) is 19.8. The third-order valence-electron chi connectivity index (χ3n) is 3.32. The lowest BCUT2D eigenvalue weighted by Crippen LogP contribution is -2.51. The van der Waals surface area contributed by atoms with Crippen molar-refractivity contribution in [3.05, 3.63) is 0 Å². The summed E-state index contributed by atoms with van der Waals surface area (Å²) in [4.78, 5) is 25.1. The Kier molecular flexibility index (Phi) is 6.17. The van der Waals surface area contributed by atoms with Gasteiger partial charge in [-0.25, -0.2) is 4.79 Å². The van der Waals surface area contributed by atoms with Crippen molar-refractivity contribution in [2.75, 3.05) is 25.4 Å². The van der Waals surface area contributed by atoms with Gasteiger partial charge in [0.15, 0.2) is 0 Å². The van der Waals surface area contributed by atoms with Gasteiger partial charge in [0.1, 0.15) is 0 Å². The molecule has 0 radical (unpaired) electrons. The smallest absolute Gasteiger partial charge is 0.317 e. The second-order valence-corrected chi connectivity index (χ2v) is 8.18. The maximum atomic E-state index is 12.1. The van der Waals surface area contributed by atoms with Crippen molar-refractivity contribution in [2.45, 2.75) is 38.9 Å². The van der Waals surface area contributed by atoms with E-state index in [1.165, 1.54) is 0 Å². The zero-order chi connectivity index (χ0) is 15.3. The van der Waals surface area contributed by atoms with Gasteiger partial charge < -0.3 is 15.3 Å². The number of hydrogen-bond donors (Lipinski definition) is 2. The summed E-state index contributed by atoms with van der Waals surface area (Å²) < 4.78 is 0.0692. The highest BCUT2D eigenvalue weighted by Gasteiger charge is 2.30. The molecule has 0 spiro atoms. The minimum absolute atomic E-state index is 0.0692. The molecule has 2 amide bonds. The molecule has 116 valence electrons. The van der Waals surface area contributed by atoms with E-state index >= 15 is 0 Å². The first-order chi connectivity index (χ1) is 9.21. The van der Waals surface area contributed by atoms with Crippen LogP contribution in [0.2, 0.25) is 0 Å². The molecule has 0 bridgehead atoms. The van der Waals surface area contributed by atoms with Gasteiger partial charge in [-0.3, -0.25) is 4.79 Å². The minimum atomic E-state index is -0.839. The molecule has 0 aromatic carbocycles. The highest BCUT2D eigenvalue weighted by atomic mass is 32.2. The Morgan fingerprint density at radius 3 is 2.55 bits per heavy atom. The van der Waals surface area contributed by atoms with Crippen LogP contribution in [-0.4, -0.2) is 52.1 Å². The zero-order valence-electron chi connectivity index (χ0n) is 12.8. The number of amides is 2. The lowest BCUT2D eigenvalue weighted by molar-refractivity contribution is -0.142. The minimum Gasteiger partial charge on any atom is -0.481 e. The first kappa shape index (κ1) is 17.1. The van der Waals surface area contributed by atoms with Crippen molar-refractivity contribution >= 4 is 23.8 Å². The van der Waals surface area contributed by atoms with Crippen LogP contribution in [-0.2, 0) is 4.79 Å². The number of carbonyl (C=O) groups is 2. The third-order valence-corrected chi connectivity index (χ3v) is 4.61. The lowest BCUT2D eigenvalue weighted by Gasteiger charge is -2.37. The number of nitrogens with one attached hydrogen (secondary N) is 1. The van der Waals surface area contributed by atoms with Crippen molar-refractivity contribution < 1.29 is 14.7 Å². The molecule has 1 rings (SSSR count). The van der Waals surface area contributed by atoms with E-state index in [1.807, 2.05) is 25.6 Å². The Bertz CT molecular complexity index is 358. The maximum Gasteiger partial charge on any atom is 0.317 e. The molecule has 1 aliphatic heterocycles. The molecule has 1 atom stereocenters. The summed E-state index contributed by atoms with van der Waals surface area (Å²) in [6.07, 6.45) is 0.580. The molecule has 5 nitrogen and oxygen atoms in total. The van der Waals surface area contributed by atoms with Gasteiger partial charge in [0.25, 0.3) is 0 Å². The Hall–Kier alpha value is -0.910. The summed E-state index contributed by atoms with van der Waals surface area (Å²) in [6.45, 7) is 9.85. The molecule has 2 N–H and O–H groups in total. The molecule has 1 fully saturated rings. The molecule has 1 saturated heterocycles. The van der Waals surface area contributed by atoms with Crippen molar-refractivity contribution in [3.63, 3.8) is 0 Å². The van der Waals surface area contributed by atoms with E-state index in [9.17, 15) is 9.59 Å². The number of carboxylic acid groups (broad SMARTS) is 1. The number of hydrogen-bond acceptors (Lipinski definition) is 3.